The number of hydrogen-bond acceptors (Lipinski definition) is 5. The Balaban J connectivity index is 1.40. The quantitative estimate of drug-likeness (QED) is 0.389. The molecule has 8 nitrogen and oxygen atoms in total. The van der Waals surface area contributed by atoms with Crippen molar-refractivity contribution in [2.24, 2.45) is 0 Å². The van der Waals surface area contributed by atoms with E-state index in [4.69, 9.17) is 0 Å². The summed E-state index contributed by atoms with van der Waals surface area (Å²) in [4.78, 5) is 39.5. The van der Waals surface area contributed by atoms with E-state index >= 15 is 0 Å². The van der Waals surface area contributed by atoms with Gasteiger partial charge in [-0.3, -0.25) is 19.7 Å². The first-order chi connectivity index (χ1) is 13.5. The van der Waals surface area contributed by atoms with Crippen LogP contribution in [0.4, 0.5) is 11.4 Å². The van der Waals surface area contributed by atoms with Crippen LogP contribution in [0, 0.1) is 10.1 Å². The van der Waals surface area contributed by atoms with Gasteiger partial charge in [0.25, 0.3) is 11.6 Å². The standard InChI is InChI=1S/C20H18N4O4/c25-19-11-18(20(26)23(19)14-5-7-15(8-6-14)24(27)28)21-10-9-13-12-22-17-4-2-1-3-16(13)17/h1-8,12,18,21-22H,9-11H2/t18-/m0/s1. The number of H-pyrrole nitrogens is 1. The summed E-state index contributed by atoms with van der Waals surface area (Å²) in [5, 5.41) is 15.1. The van der Waals surface area contributed by atoms with Crippen LogP contribution in [0.25, 0.3) is 10.9 Å². The van der Waals surface area contributed by atoms with Crippen molar-refractivity contribution in [1.82, 2.24) is 10.3 Å². The second kappa shape index (κ2) is 7.24. The number of carbonyl (C=O) groups excluding carboxylic acids is 2. The number of imide groups is 1. The molecule has 8 heteroatoms. The fraction of sp³-hybridized carbons (Fsp3) is 0.200. The maximum atomic E-state index is 12.6. The highest BCUT2D eigenvalue weighted by Crippen LogP contribution is 2.25. The number of hydrogen-bond donors (Lipinski definition) is 2. The molecule has 0 radical (unpaired) electrons. The van der Waals surface area contributed by atoms with Crippen molar-refractivity contribution in [1.29, 1.82) is 0 Å². The topological polar surface area (TPSA) is 108 Å². The Hall–Kier alpha value is -3.52. The van der Waals surface area contributed by atoms with E-state index in [1.165, 1.54) is 24.3 Å². The maximum absolute atomic E-state index is 12.6. The average Bonchev–Trinajstić information content (AvgIpc) is 3.23. The van der Waals surface area contributed by atoms with Crippen LogP contribution in [-0.4, -0.2) is 34.3 Å². The first kappa shape index (κ1) is 17.9. The zero-order valence-corrected chi connectivity index (χ0v) is 14.9. The number of nitro groups is 1. The third-order valence-electron chi connectivity index (χ3n) is 4.93. The zero-order chi connectivity index (χ0) is 19.7. The van der Waals surface area contributed by atoms with Gasteiger partial charge < -0.3 is 10.3 Å². The number of para-hydroxylation sites is 1. The fourth-order valence-electron chi connectivity index (χ4n) is 3.51. The first-order valence-electron chi connectivity index (χ1n) is 8.94. The fourth-order valence-corrected chi connectivity index (χ4v) is 3.51. The van der Waals surface area contributed by atoms with E-state index in [1.54, 1.807) is 0 Å². The van der Waals surface area contributed by atoms with Gasteiger partial charge in [0, 0.05) is 35.8 Å². The van der Waals surface area contributed by atoms with Gasteiger partial charge in [0.2, 0.25) is 5.91 Å². The molecule has 2 aromatic carbocycles. The van der Waals surface area contributed by atoms with Crippen LogP contribution >= 0.6 is 0 Å². The highest BCUT2D eigenvalue weighted by molar-refractivity contribution is 6.22. The number of carbonyl (C=O) groups is 2. The number of nitrogens with zero attached hydrogens (tertiary/aromatic N) is 2. The molecule has 3 aromatic rings. The molecule has 2 heterocycles. The molecule has 0 aliphatic carbocycles. The molecule has 1 fully saturated rings. The van der Waals surface area contributed by atoms with Crippen LogP contribution in [0.15, 0.2) is 54.7 Å². The van der Waals surface area contributed by atoms with E-state index in [0.717, 1.165) is 27.8 Å². The number of nitrogens with one attached hydrogen (secondary N) is 2. The Morgan fingerprint density at radius 3 is 2.64 bits per heavy atom. The second-order valence-corrected chi connectivity index (χ2v) is 6.66. The molecule has 142 valence electrons. The molecule has 4 rings (SSSR count). The van der Waals surface area contributed by atoms with Gasteiger partial charge in [-0.15, -0.1) is 0 Å². The molecule has 2 N–H and O–H groups in total. The van der Waals surface area contributed by atoms with E-state index in [1.807, 2.05) is 30.5 Å². The lowest BCUT2D eigenvalue weighted by Crippen LogP contribution is -2.39. The molecule has 1 aliphatic heterocycles. The molecule has 1 aliphatic rings. The lowest BCUT2D eigenvalue weighted by Gasteiger charge is -2.15. The maximum Gasteiger partial charge on any atom is 0.269 e. The summed E-state index contributed by atoms with van der Waals surface area (Å²) in [6.45, 7) is 0.555. The summed E-state index contributed by atoms with van der Waals surface area (Å²) < 4.78 is 0. The van der Waals surface area contributed by atoms with Crippen molar-refractivity contribution in [2.75, 3.05) is 11.4 Å². The summed E-state index contributed by atoms with van der Waals surface area (Å²) in [6.07, 6.45) is 2.75. The Morgan fingerprint density at radius 2 is 1.89 bits per heavy atom. The third-order valence-corrected chi connectivity index (χ3v) is 4.93. The molecular formula is C20H18N4O4. The summed E-state index contributed by atoms with van der Waals surface area (Å²) in [5.41, 5.74) is 2.47. The molecule has 2 amide bonds. The summed E-state index contributed by atoms with van der Waals surface area (Å²) in [7, 11) is 0. The lowest BCUT2D eigenvalue weighted by atomic mass is 10.1. The van der Waals surface area contributed by atoms with Gasteiger partial charge >= 0.3 is 0 Å². The van der Waals surface area contributed by atoms with Gasteiger partial charge in [-0.1, -0.05) is 18.2 Å². The number of benzene rings is 2. The molecule has 0 saturated carbocycles. The highest BCUT2D eigenvalue weighted by Gasteiger charge is 2.39. The summed E-state index contributed by atoms with van der Waals surface area (Å²) in [5.74, 6) is -0.652. The van der Waals surface area contributed by atoms with E-state index in [0.29, 0.717) is 12.2 Å². The number of fused-ring (bicyclic) bond motifs is 1. The molecule has 1 atom stereocenters. The summed E-state index contributed by atoms with van der Waals surface area (Å²) in [6, 6.07) is 12.8. The Labute approximate surface area is 160 Å². The molecule has 1 saturated heterocycles. The number of aromatic amines is 1. The average molecular weight is 378 g/mol. The monoisotopic (exact) mass is 378 g/mol. The number of rotatable bonds is 6. The van der Waals surface area contributed by atoms with Crippen LogP contribution < -0.4 is 10.2 Å². The Bertz CT molecular complexity index is 1060. The van der Waals surface area contributed by atoms with Gasteiger partial charge in [-0.25, -0.2) is 4.90 Å². The van der Waals surface area contributed by atoms with Crippen LogP contribution in [0.1, 0.15) is 12.0 Å². The van der Waals surface area contributed by atoms with Crippen molar-refractivity contribution in [3.63, 3.8) is 0 Å². The third kappa shape index (κ3) is 3.25. The summed E-state index contributed by atoms with van der Waals surface area (Å²) >= 11 is 0. The largest absolute Gasteiger partial charge is 0.361 e. The number of amides is 2. The van der Waals surface area contributed by atoms with Crippen LogP contribution in [0.2, 0.25) is 0 Å². The lowest BCUT2D eigenvalue weighted by molar-refractivity contribution is -0.384. The molecule has 0 spiro atoms. The SMILES string of the molecule is O=C1C[C@H](NCCc2c[nH]c3ccccc23)C(=O)N1c1ccc([N+](=O)[O-])cc1. The predicted molar refractivity (Wildman–Crippen MR) is 104 cm³/mol. The van der Waals surface area contributed by atoms with Gasteiger partial charge in [0.15, 0.2) is 0 Å². The van der Waals surface area contributed by atoms with E-state index in [9.17, 15) is 19.7 Å². The van der Waals surface area contributed by atoms with Gasteiger partial charge in [-0.05, 0) is 30.2 Å². The first-order valence-corrected chi connectivity index (χ1v) is 8.94. The van der Waals surface area contributed by atoms with Crippen molar-refractivity contribution >= 4 is 34.1 Å². The van der Waals surface area contributed by atoms with Crippen molar-refractivity contribution in [2.45, 2.75) is 18.9 Å². The van der Waals surface area contributed by atoms with Crippen LogP contribution in [0.3, 0.4) is 0 Å². The molecular weight excluding hydrogens is 360 g/mol. The van der Waals surface area contributed by atoms with Gasteiger partial charge in [-0.2, -0.15) is 0 Å². The van der Waals surface area contributed by atoms with Crippen LogP contribution in [-0.2, 0) is 16.0 Å². The Morgan fingerprint density at radius 1 is 1.14 bits per heavy atom. The van der Waals surface area contributed by atoms with Crippen molar-refractivity contribution in [3.05, 3.63) is 70.4 Å². The predicted octanol–water partition coefficient (Wildman–Crippen LogP) is 2.54. The smallest absolute Gasteiger partial charge is 0.269 e. The Kier molecular flexibility index (Phi) is 4.62. The zero-order valence-electron chi connectivity index (χ0n) is 14.9. The number of anilines is 1. The van der Waals surface area contributed by atoms with Crippen molar-refractivity contribution in [3.8, 4) is 0 Å². The minimum atomic E-state index is -0.590. The number of nitro benzene ring substituents is 1. The van der Waals surface area contributed by atoms with E-state index < -0.39 is 11.0 Å². The minimum absolute atomic E-state index is 0.0731. The van der Waals surface area contributed by atoms with E-state index in [-0.39, 0.29) is 23.9 Å². The van der Waals surface area contributed by atoms with Gasteiger partial charge in [0.05, 0.1) is 23.1 Å². The van der Waals surface area contributed by atoms with E-state index in [2.05, 4.69) is 10.3 Å². The van der Waals surface area contributed by atoms with Crippen molar-refractivity contribution < 1.29 is 14.5 Å². The molecule has 1 aromatic heterocycles. The van der Waals surface area contributed by atoms with Gasteiger partial charge in [0.1, 0.15) is 0 Å². The van der Waals surface area contributed by atoms with Crippen LogP contribution in [0.5, 0.6) is 0 Å². The number of aromatic nitrogens is 1. The number of non-ortho nitro benzene ring substituents is 1. The minimum Gasteiger partial charge on any atom is -0.361 e. The molecule has 28 heavy (non-hydrogen) atoms. The second-order valence-electron chi connectivity index (χ2n) is 6.66. The molecule has 0 unspecified atom stereocenters. The highest BCUT2D eigenvalue weighted by atomic mass is 16.6. The molecule has 0 bridgehead atoms. The normalized spacial score (nSPS) is 16.9.